The summed E-state index contributed by atoms with van der Waals surface area (Å²) in [5, 5.41) is 17.1. The monoisotopic (exact) mass is 555 g/mol. The zero-order chi connectivity index (χ0) is 27.7. The summed E-state index contributed by atoms with van der Waals surface area (Å²) in [4.78, 5) is 51.0. The summed E-state index contributed by atoms with van der Waals surface area (Å²) in [6, 6.07) is 4.79. The van der Waals surface area contributed by atoms with Crippen LogP contribution in [-0.4, -0.2) is 49.5 Å². The van der Waals surface area contributed by atoms with E-state index in [4.69, 9.17) is 16.7 Å². The average Bonchev–Trinajstić information content (AvgIpc) is 3.37. The Hall–Kier alpha value is -4.19. The van der Waals surface area contributed by atoms with Crippen LogP contribution in [0.25, 0.3) is 11.3 Å². The molecule has 1 aromatic carbocycles. The molecule has 1 unspecified atom stereocenters. The highest BCUT2D eigenvalue weighted by Gasteiger charge is 2.35. The highest BCUT2D eigenvalue weighted by Crippen LogP contribution is 2.36. The van der Waals surface area contributed by atoms with Crippen molar-refractivity contribution in [1.29, 1.82) is 0 Å². The molecule has 4 heterocycles. The zero-order valence-electron chi connectivity index (χ0n) is 21.0. The number of pyridine rings is 1. The molecule has 1 fully saturated rings. The van der Waals surface area contributed by atoms with Gasteiger partial charge in [0.1, 0.15) is 5.82 Å². The number of hydrogen-bond acceptors (Lipinski definition) is 5. The zero-order valence-corrected chi connectivity index (χ0v) is 21.8. The van der Waals surface area contributed by atoms with Crippen LogP contribution >= 0.6 is 11.6 Å². The molecule has 0 radical (unpaired) electrons. The molecule has 4 amide bonds. The number of halogens is 2. The fourth-order valence-corrected chi connectivity index (χ4v) is 5.18. The van der Waals surface area contributed by atoms with Crippen LogP contribution in [0.1, 0.15) is 56.2 Å². The third-order valence-electron chi connectivity index (χ3n) is 7.08. The second-order valence-corrected chi connectivity index (χ2v) is 10.1. The second kappa shape index (κ2) is 10.9. The summed E-state index contributed by atoms with van der Waals surface area (Å²) in [7, 11) is 0. The number of H-pyrrole nitrogens is 1. The molecule has 204 valence electrons. The van der Waals surface area contributed by atoms with Crippen molar-refractivity contribution >= 4 is 41.0 Å². The van der Waals surface area contributed by atoms with Crippen molar-refractivity contribution in [3.05, 3.63) is 59.0 Å². The summed E-state index contributed by atoms with van der Waals surface area (Å²) in [5.41, 5.74) is 2.06. The number of carbonyl (C=O) groups excluding carboxylic acids is 2. The van der Waals surface area contributed by atoms with Crippen molar-refractivity contribution in [3.8, 4) is 11.3 Å². The van der Waals surface area contributed by atoms with Gasteiger partial charge in [-0.3, -0.25) is 15.1 Å². The first-order chi connectivity index (χ1) is 18.7. The van der Waals surface area contributed by atoms with Crippen LogP contribution in [0.2, 0.25) is 5.02 Å². The van der Waals surface area contributed by atoms with Gasteiger partial charge in [0.05, 0.1) is 40.4 Å². The predicted octanol–water partition coefficient (Wildman–Crippen LogP) is 5.31. The van der Waals surface area contributed by atoms with Crippen LogP contribution in [0.15, 0.2) is 36.7 Å². The number of benzene rings is 1. The van der Waals surface area contributed by atoms with E-state index < -0.39 is 24.0 Å². The third kappa shape index (κ3) is 5.51. The summed E-state index contributed by atoms with van der Waals surface area (Å²) in [5.74, 6) is -0.599. The van der Waals surface area contributed by atoms with Gasteiger partial charge in [0.25, 0.3) is 0 Å². The van der Waals surface area contributed by atoms with E-state index in [0.29, 0.717) is 60.7 Å². The first-order valence-electron chi connectivity index (χ1n) is 12.6. The third-order valence-corrected chi connectivity index (χ3v) is 7.38. The molecule has 2 aliphatic heterocycles. The number of aromatic amines is 1. The Morgan fingerprint density at radius 1 is 1.21 bits per heavy atom. The van der Waals surface area contributed by atoms with Gasteiger partial charge in [-0.05, 0) is 43.5 Å². The fraction of sp³-hybridized carbons (Fsp3) is 0.346. The molecule has 5 rings (SSSR count). The highest BCUT2D eigenvalue weighted by atomic mass is 35.5. The number of imidazole rings is 1. The van der Waals surface area contributed by atoms with E-state index in [1.165, 1.54) is 12.3 Å². The molecule has 13 heteroatoms. The number of carboxylic acid groups (broad SMARTS) is 1. The average molecular weight is 556 g/mol. The molecule has 0 spiro atoms. The summed E-state index contributed by atoms with van der Waals surface area (Å²) in [6.07, 6.45) is 3.99. The second-order valence-electron chi connectivity index (χ2n) is 9.69. The molecular formula is C26H27ClFN7O4. The standard InChI is InChI=1S/C26H27ClFN7O4/c1-13-3-2-4-20(35-10-8-17(34-25(35)37)22-21(28)16(27)7-9-29-22)23-30-12-19(32-23)15-6-5-14(31-26(38)39)11-18(15)33-24(13)36/h5-7,9,11-13,17,20,31H,2-4,8,10H2,1H3,(H,30,32)(H,33,36)(H,34,37)(H,38,39)/t13-,17?,20+/m1/s1. The number of fused-ring (bicyclic) bond motifs is 4. The van der Waals surface area contributed by atoms with E-state index in [1.807, 2.05) is 6.92 Å². The lowest BCUT2D eigenvalue weighted by atomic mass is 9.97. The Bertz CT molecular complexity index is 1430. The molecule has 11 nitrogen and oxygen atoms in total. The van der Waals surface area contributed by atoms with E-state index in [9.17, 15) is 18.8 Å². The first kappa shape index (κ1) is 26.4. The van der Waals surface area contributed by atoms with Crippen LogP contribution in [0.4, 0.5) is 25.4 Å². The van der Waals surface area contributed by atoms with Gasteiger partial charge in [-0.25, -0.2) is 19.0 Å². The molecule has 39 heavy (non-hydrogen) atoms. The van der Waals surface area contributed by atoms with Crippen LogP contribution < -0.4 is 16.0 Å². The Morgan fingerprint density at radius 3 is 2.79 bits per heavy atom. The SMILES string of the molecule is C[C@@H]1CCC[C@H](N2CCC(c3nccc(Cl)c3F)NC2=O)c2ncc([nH]2)-c2ccc(NC(=O)O)cc2NC1=O. The summed E-state index contributed by atoms with van der Waals surface area (Å²) >= 11 is 5.91. The molecule has 0 aliphatic carbocycles. The van der Waals surface area contributed by atoms with E-state index in [0.717, 1.165) is 0 Å². The highest BCUT2D eigenvalue weighted by molar-refractivity contribution is 6.30. The molecule has 3 atom stereocenters. The number of anilines is 2. The van der Waals surface area contributed by atoms with E-state index in [-0.39, 0.29) is 28.6 Å². The van der Waals surface area contributed by atoms with Crippen molar-refractivity contribution in [2.24, 2.45) is 5.92 Å². The molecule has 5 N–H and O–H groups in total. The summed E-state index contributed by atoms with van der Waals surface area (Å²) in [6.45, 7) is 2.16. The maximum absolute atomic E-state index is 14.6. The number of aromatic nitrogens is 3. The number of urea groups is 1. The number of carbonyl (C=O) groups is 3. The van der Waals surface area contributed by atoms with Crippen LogP contribution in [-0.2, 0) is 4.79 Å². The van der Waals surface area contributed by atoms with Gasteiger partial charge < -0.3 is 25.6 Å². The largest absolute Gasteiger partial charge is 0.465 e. The van der Waals surface area contributed by atoms with Crippen molar-refractivity contribution in [2.45, 2.75) is 44.7 Å². The smallest absolute Gasteiger partial charge is 0.409 e. The van der Waals surface area contributed by atoms with Crippen LogP contribution in [0.5, 0.6) is 0 Å². The van der Waals surface area contributed by atoms with Gasteiger partial charge in [0.15, 0.2) is 5.82 Å². The van der Waals surface area contributed by atoms with E-state index in [2.05, 4.69) is 30.9 Å². The van der Waals surface area contributed by atoms with Gasteiger partial charge in [0, 0.05) is 29.9 Å². The Labute approximate surface area is 228 Å². The number of nitrogens with one attached hydrogen (secondary N) is 4. The lowest BCUT2D eigenvalue weighted by Gasteiger charge is -2.37. The fourth-order valence-electron chi connectivity index (χ4n) is 5.03. The minimum Gasteiger partial charge on any atom is -0.465 e. The van der Waals surface area contributed by atoms with Gasteiger partial charge in [0.2, 0.25) is 5.91 Å². The number of nitrogens with zero attached hydrogens (tertiary/aromatic N) is 3. The normalized spacial score (nSPS) is 21.6. The molecule has 3 aromatic rings. The van der Waals surface area contributed by atoms with Crippen LogP contribution in [0, 0.1) is 11.7 Å². The van der Waals surface area contributed by atoms with Crippen molar-refractivity contribution in [2.75, 3.05) is 17.2 Å². The first-order valence-corrected chi connectivity index (χ1v) is 13.0. The lowest BCUT2D eigenvalue weighted by Crippen LogP contribution is -2.50. The number of hydrogen-bond donors (Lipinski definition) is 5. The minimum absolute atomic E-state index is 0.0524. The quantitative estimate of drug-likeness (QED) is 0.295. The van der Waals surface area contributed by atoms with E-state index >= 15 is 0 Å². The van der Waals surface area contributed by atoms with Crippen molar-refractivity contribution < 1.29 is 23.9 Å². The number of amides is 4. The van der Waals surface area contributed by atoms with Crippen molar-refractivity contribution in [3.63, 3.8) is 0 Å². The molecule has 0 saturated carbocycles. The van der Waals surface area contributed by atoms with Gasteiger partial charge in [-0.15, -0.1) is 0 Å². The molecule has 2 bridgehead atoms. The Kier molecular flexibility index (Phi) is 7.38. The van der Waals surface area contributed by atoms with Crippen molar-refractivity contribution in [1.82, 2.24) is 25.2 Å². The van der Waals surface area contributed by atoms with E-state index in [1.54, 1.807) is 29.3 Å². The van der Waals surface area contributed by atoms with Gasteiger partial charge in [-0.2, -0.15) is 0 Å². The maximum atomic E-state index is 14.6. The molecule has 2 aromatic heterocycles. The van der Waals surface area contributed by atoms with Gasteiger partial charge >= 0.3 is 12.1 Å². The van der Waals surface area contributed by atoms with Crippen LogP contribution in [0.3, 0.4) is 0 Å². The predicted molar refractivity (Wildman–Crippen MR) is 142 cm³/mol. The maximum Gasteiger partial charge on any atom is 0.409 e. The minimum atomic E-state index is -1.22. The topological polar surface area (TPSA) is 152 Å². The lowest BCUT2D eigenvalue weighted by molar-refractivity contribution is -0.119. The molecular weight excluding hydrogens is 529 g/mol. The van der Waals surface area contributed by atoms with Gasteiger partial charge in [-0.1, -0.05) is 24.9 Å². The Morgan fingerprint density at radius 2 is 2.03 bits per heavy atom. The summed E-state index contributed by atoms with van der Waals surface area (Å²) < 4.78 is 14.6. The Balaban J connectivity index is 1.45. The molecule has 1 saturated heterocycles. The molecule has 2 aliphatic rings. The number of rotatable bonds is 3.